The summed E-state index contributed by atoms with van der Waals surface area (Å²) in [5.74, 6) is 1.38. The highest BCUT2D eigenvalue weighted by Crippen LogP contribution is 2.38. The molecular formula is C27H27NO6S2. The fourth-order valence-corrected chi connectivity index (χ4v) is 7.76. The third kappa shape index (κ3) is 5.01. The monoisotopic (exact) mass is 525 g/mol. The SMILES string of the molecule is O=C(CC(CCO)c1ccc2c(c1)OCO2)C1SCCN1S(=O)(=O)c1ccc(-c2ccccc2)cc1. The maximum Gasteiger partial charge on any atom is 0.244 e. The van der Waals surface area contributed by atoms with Crippen molar-refractivity contribution >= 4 is 27.6 Å². The first-order chi connectivity index (χ1) is 17.5. The van der Waals surface area contributed by atoms with E-state index in [-0.39, 0.29) is 43.0 Å². The summed E-state index contributed by atoms with van der Waals surface area (Å²) in [4.78, 5) is 13.6. The lowest BCUT2D eigenvalue weighted by molar-refractivity contribution is -0.120. The molecule has 2 heterocycles. The molecule has 0 bridgehead atoms. The van der Waals surface area contributed by atoms with E-state index in [9.17, 15) is 18.3 Å². The summed E-state index contributed by atoms with van der Waals surface area (Å²) in [6, 6.07) is 22.0. The standard InChI is InChI=1S/C27H27NO6S2/c29-14-12-22(21-8-11-25-26(17-21)34-18-33-25)16-24(30)27-28(13-15-35-27)36(31,32)23-9-6-20(7-10-23)19-4-2-1-3-5-19/h1-11,17,22,27,29H,12-16,18H2. The van der Waals surface area contributed by atoms with Gasteiger partial charge in [-0.1, -0.05) is 48.5 Å². The first kappa shape index (κ1) is 24.8. The van der Waals surface area contributed by atoms with Crippen molar-refractivity contribution in [3.05, 3.63) is 78.4 Å². The van der Waals surface area contributed by atoms with Gasteiger partial charge in [0.2, 0.25) is 16.8 Å². The van der Waals surface area contributed by atoms with Crippen LogP contribution in [0.4, 0.5) is 0 Å². The van der Waals surface area contributed by atoms with Crippen molar-refractivity contribution in [2.24, 2.45) is 0 Å². The highest BCUT2D eigenvalue weighted by molar-refractivity contribution is 8.02. The second-order valence-electron chi connectivity index (χ2n) is 8.72. The van der Waals surface area contributed by atoms with Crippen molar-refractivity contribution in [2.75, 3.05) is 25.7 Å². The van der Waals surface area contributed by atoms with Gasteiger partial charge in [-0.25, -0.2) is 8.42 Å². The Balaban J connectivity index is 1.33. The Bertz CT molecular complexity index is 1330. The number of Topliss-reactive ketones (excluding diaryl/α,β-unsaturated/α-hetero) is 1. The number of sulfonamides is 1. The average Bonchev–Trinajstić information content (AvgIpc) is 3.59. The van der Waals surface area contributed by atoms with Crippen LogP contribution in [0.15, 0.2) is 77.7 Å². The Labute approximate surface area is 215 Å². The van der Waals surface area contributed by atoms with Crippen LogP contribution < -0.4 is 9.47 Å². The van der Waals surface area contributed by atoms with Crippen LogP contribution in [0.2, 0.25) is 0 Å². The van der Waals surface area contributed by atoms with Crippen molar-refractivity contribution in [3.63, 3.8) is 0 Å². The topological polar surface area (TPSA) is 93.1 Å². The molecule has 2 atom stereocenters. The van der Waals surface area contributed by atoms with Gasteiger partial charge in [0.25, 0.3) is 0 Å². The number of hydrogen-bond acceptors (Lipinski definition) is 7. The number of hydrogen-bond donors (Lipinski definition) is 1. The van der Waals surface area contributed by atoms with Crippen LogP contribution in [0.1, 0.15) is 24.3 Å². The van der Waals surface area contributed by atoms with Crippen molar-refractivity contribution in [1.29, 1.82) is 0 Å². The molecule has 1 saturated heterocycles. The van der Waals surface area contributed by atoms with Gasteiger partial charge in [-0.2, -0.15) is 4.31 Å². The summed E-state index contributed by atoms with van der Waals surface area (Å²) < 4.78 is 39.1. The molecule has 0 aliphatic carbocycles. The van der Waals surface area contributed by atoms with E-state index in [4.69, 9.17) is 9.47 Å². The van der Waals surface area contributed by atoms with Gasteiger partial charge in [-0.3, -0.25) is 4.79 Å². The molecule has 36 heavy (non-hydrogen) atoms. The summed E-state index contributed by atoms with van der Waals surface area (Å²) in [5.41, 5.74) is 2.79. The van der Waals surface area contributed by atoms with Gasteiger partial charge in [0.15, 0.2) is 17.3 Å². The second-order valence-corrected chi connectivity index (χ2v) is 11.8. The minimum Gasteiger partial charge on any atom is -0.454 e. The lowest BCUT2D eigenvalue weighted by Gasteiger charge is -2.24. The molecule has 3 aromatic carbocycles. The number of ketones is 1. The van der Waals surface area contributed by atoms with Crippen LogP contribution in [0, 0.1) is 0 Å². The Morgan fingerprint density at radius 1 is 1.00 bits per heavy atom. The number of aliphatic hydroxyl groups is 1. The van der Waals surface area contributed by atoms with Gasteiger partial charge in [-0.05, 0) is 53.3 Å². The molecule has 0 aromatic heterocycles. The van der Waals surface area contributed by atoms with E-state index in [0.29, 0.717) is 23.7 Å². The van der Waals surface area contributed by atoms with Crippen molar-refractivity contribution < 1.29 is 27.8 Å². The van der Waals surface area contributed by atoms with Crippen LogP contribution in [0.5, 0.6) is 11.5 Å². The van der Waals surface area contributed by atoms with Gasteiger partial charge in [-0.15, -0.1) is 11.8 Å². The molecule has 0 saturated carbocycles. The van der Waals surface area contributed by atoms with Crippen LogP contribution in [0.3, 0.4) is 0 Å². The first-order valence-electron chi connectivity index (χ1n) is 11.8. The lowest BCUT2D eigenvalue weighted by Crippen LogP contribution is -2.39. The summed E-state index contributed by atoms with van der Waals surface area (Å²) in [5, 5.41) is 8.83. The minimum absolute atomic E-state index is 0.0834. The molecule has 0 radical (unpaired) electrons. The summed E-state index contributed by atoms with van der Waals surface area (Å²) in [7, 11) is -3.85. The number of benzene rings is 3. The zero-order valence-corrected chi connectivity index (χ0v) is 21.2. The van der Waals surface area contributed by atoms with E-state index >= 15 is 0 Å². The van der Waals surface area contributed by atoms with Crippen molar-refractivity contribution in [3.8, 4) is 22.6 Å². The molecule has 0 amide bonds. The van der Waals surface area contributed by atoms with Gasteiger partial charge >= 0.3 is 0 Å². The average molecular weight is 526 g/mol. The zero-order chi connectivity index (χ0) is 25.1. The van der Waals surface area contributed by atoms with Crippen LogP contribution in [-0.4, -0.2) is 54.7 Å². The summed E-state index contributed by atoms with van der Waals surface area (Å²) in [6.07, 6.45) is 0.507. The van der Waals surface area contributed by atoms with Gasteiger partial charge in [0, 0.05) is 25.3 Å². The van der Waals surface area contributed by atoms with Crippen molar-refractivity contribution in [1.82, 2.24) is 4.31 Å². The Kier molecular flexibility index (Phi) is 7.34. The third-order valence-corrected chi connectivity index (χ3v) is 9.75. The van der Waals surface area contributed by atoms with Crippen LogP contribution >= 0.6 is 11.8 Å². The highest BCUT2D eigenvalue weighted by Gasteiger charge is 2.40. The number of carbonyl (C=O) groups excluding carboxylic acids is 1. The lowest BCUT2D eigenvalue weighted by atomic mass is 9.90. The molecule has 3 aromatic rings. The maximum atomic E-state index is 13.5. The van der Waals surface area contributed by atoms with E-state index in [1.165, 1.54) is 16.1 Å². The fraction of sp³-hybridized carbons (Fsp3) is 0.296. The number of aliphatic hydroxyl groups excluding tert-OH is 1. The minimum atomic E-state index is -3.85. The van der Waals surface area contributed by atoms with E-state index in [1.807, 2.05) is 42.5 Å². The molecule has 2 aliphatic heterocycles. The molecule has 0 spiro atoms. The zero-order valence-electron chi connectivity index (χ0n) is 19.6. The first-order valence-corrected chi connectivity index (χ1v) is 14.3. The molecule has 2 aliphatic rings. The Hall–Kier alpha value is -2.85. The molecular weight excluding hydrogens is 498 g/mol. The Morgan fingerprint density at radius 3 is 2.47 bits per heavy atom. The normalized spacial score (nSPS) is 18.3. The number of nitrogens with zero attached hydrogens (tertiary/aromatic N) is 1. The van der Waals surface area contributed by atoms with Crippen molar-refractivity contribution in [2.45, 2.75) is 29.0 Å². The van der Waals surface area contributed by atoms with E-state index < -0.39 is 15.4 Å². The molecule has 7 nitrogen and oxygen atoms in total. The van der Waals surface area contributed by atoms with Gasteiger partial charge in [0.1, 0.15) is 5.37 Å². The number of rotatable bonds is 9. The molecule has 9 heteroatoms. The third-order valence-electron chi connectivity index (χ3n) is 6.49. The molecule has 2 unspecified atom stereocenters. The van der Waals surface area contributed by atoms with Crippen LogP contribution in [0.25, 0.3) is 11.1 Å². The number of carbonyl (C=O) groups is 1. The van der Waals surface area contributed by atoms with Crippen LogP contribution in [-0.2, 0) is 14.8 Å². The molecule has 1 N–H and O–H groups in total. The summed E-state index contributed by atoms with van der Waals surface area (Å²) >= 11 is 1.35. The maximum absolute atomic E-state index is 13.5. The predicted molar refractivity (Wildman–Crippen MR) is 139 cm³/mol. The molecule has 1 fully saturated rings. The smallest absolute Gasteiger partial charge is 0.244 e. The Morgan fingerprint density at radius 2 is 1.72 bits per heavy atom. The number of fused-ring (bicyclic) bond motifs is 1. The number of ether oxygens (including phenoxy) is 2. The molecule has 188 valence electrons. The summed E-state index contributed by atoms with van der Waals surface area (Å²) in [6.45, 7) is 0.346. The predicted octanol–water partition coefficient (Wildman–Crippen LogP) is 4.27. The van der Waals surface area contributed by atoms with E-state index in [1.54, 1.807) is 30.3 Å². The van der Waals surface area contributed by atoms with E-state index in [0.717, 1.165) is 16.7 Å². The number of thioether (sulfide) groups is 1. The molecule has 5 rings (SSSR count). The fourth-order valence-electron chi connectivity index (χ4n) is 4.59. The second kappa shape index (κ2) is 10.6. The van der Waals surface area contributed by atoms with E-state index in [2.05, 4.69) is 0 Å². The van der Waals surface area contributed by atoms with Gasteiger partial charge in [0.05, 0.1) is 4.90 Å². The van der Waals surface area contributed by atoms with Gasteiger partial charge < -0.3 is 14.6 Å². The highest BCUT2D eigenvalue weighted by atomic mass is 32.2. The largest absolute Gasteiger partial charge is 0.454 e. The quantitative estimate of drug-likeness (QED) is 0.446.